The maximum Gasteiger partial charge on any atom is 0.229 e. The molecule has 28 heavy (non-hydrogen) atoms. The van der Waals surface area contributed by atoms with Crippen molar-refractivity contribution < 1.29 is 4.79 Å². The summed E-state index contributed by atoms with van der Waals surface area (Å²) in [6, 6.07) is 11.8. The number of carbonyl (C=O) groups excluding carboxylic acids is 1. The molecule has 1 atom stereocenters. The Morgan fingerprint density at radius 1 is 1.29 bits per heavy atom. The molecule has 1 aliphatic rings. The summed E-state index contributed by atoms with van der Waals surface area (Å²) in [5.41, 5.74) is 2.28. The molecule has 0 saturated carbocycles. The Morgan fingerprint density at radius 2 is 2.14 bits per heavy atom. The molecule has 1 fully saturated rings. The Morgan fingerprint density at radius 3 is 2.86 bits per heavy atom. The van der Waals surface area contributed by atoms with Crippen LogP contribution in [0.2, 0.25) is 0 Å². The molecule has 0 radical (unpaired) electrons. The van der Waals surface area contributed by atoms with E-state index in [0.29, 0.717) is 30.8 Å². The molecule has 2 aromatic heterocycles. The summed E-state index contributed by atoms with van der Waals surface area (Å²) in [7, 11) is 0. The van der Waals surface area contributed by atoms with Crippen LogP contribution in [-0.4, -0.2) is 21.6 Å². The van der Waals surface area contributed by atoms with Gasteiger partial charge in [0.05, 0.1) is 18.2 Å². The SMILES string of the molecule is C[C@]1(c2cc(-c3cccc(C#N)c3)cs2)CC(=N)N(Cc2nccs2)C(=O)C1. The molecule has 3 heterocycles. The van der Waals surface area contributed by atoms with E-state index in [1.807, 2.05) is 23.6 Å². The smallest absolute Gasteiger partial charge is 0.229 e. The number of hydrogen-bond donors (Lipinski definition) is 1. The van der Waals surface area contributed by atoms with E-state index >= 15 is 0 Å². The third-order valence-electron chi connectivity index (χ3n) is 5.02. The van der Waals surface area contributed by atoms with Gasteiger partial charge in [0.15, 0.2) is 0 Å². The molecule has 0 unspecified atom stereocenters. The molecule has 0 aliphatic carbocycles. The van der Waals surface area contributed by atoms with Crippen LogP contribution in [0.25, 0.3) is 11.1 Å². The predicted octanol–water partition coefficient (Wildman–Crippen LogP) is 4.80. The highest BCUT2D eigenvalue weighted by Crippen LogP contribution is 2.41. The Labute approximate surface area is 171 Å². The monoisotopic (exact) mass is 406 g/mol. The highest BCUT2D eigenvalue weighted by atomic mass is 32.1. The average molecular weight is 407 g/mol. The molecule has 1 aliphatic heterocycles. The van der Waals surface area contributed by atoms with Gasteiger partial charge in [-0.15, -0.1) is 22.7 Å². The second kappa shape index (κ2) is 7.30. The number of nitriles is 1. The largest absolute Gasteiger partial charge is 0.294 e. The zero-order valence-electron chi connectivity index (χ0n) is 15.3. The fourth-order valence-electron chi connectivity index (χ4n) is 3.50. The Balaban J connectivity index is 1.56. The lowest BCUT2D eigenvalue weighted by Crippen LogP contribution is -2.47. The van der Waals surface area contributed by atoms with Crippen molar-refractivity contribution in [2.45, 2.75) is 31.7 Å². The summed E-state index contributed by atoms with van der Waals surface area (Å²) in [5.74, 6) is 0.311. The van der Waals surface area contributed by atoms with Gasteiger partial charge in [-0.1, -0.05) is 19.1 Å². The van der Waals surface area contributed by atoms with Gasteiger partial charge >= 0.3 is 0 Å². The lowest BCUT2D eigenvalue weighted by atomic mass is 9.77. The van der Waals surface area contributed by atoms with E-state index in [4.69, 9.17) is 10.7 Å². The third kappa shape index (κ3) is 3.49. The molecule has 1 amide bonds. The number of amidine groups is 1. The van der Waals surface area contributed by atoms with Crippen LogP contribution in [0, 0.1) is 16.7 Å². The normalized spacial score (nSPS) is 19.6. The first-order valence-electron chi connectivity index (χ1n) is 8.84. The lowest BCUT2D eigenvalue weighted by Gasteiger charge is -2.38. The zero-order chi connectivity index (χ0) is 19.7. The van der Waals surface area contributed by atoms with Crippen LogP contribution < -0.4 is 0 Å². The summed E-state index contributed by atoms with van der Waals surface area (Å²) in [6.45, 7) is 2.43. The van der Waals surface area contributed by atoms with Crippen LogP contribution >= 0.6 is 22.7 Å². The van der Waals surface area contributed by atoms with Crippen LogP contribution in [0.4, 0.5) is 0 Å². The van der Waals surface area contributed by atoms with Gasteiger partial charge in [-0.05, 0) is 34.7 Å². The molecule has 1 aromatic carbocycles. The zero-order valence-corrected chi connectivity index (χ0v) is 16.9. The second-order valence-electron chi connectivity index (χ2n) is 7.16. The molecule has 1 saturated heterocycles. The molecule has 140 valence electrons. The van der Waals surface area contributed by atoms with E-state index in [2.05, 4.69) is 29.4 Å². The van der Waals surface area contributed by atoms with E-state index in [9.17, 15) is 4.79 Å². The standard InChI is InChI=1S/C21H18N4OS2/c1-21(9-18(23)25(20(26)10-21)12-19-24-5-6-27-19)17-8-16(13-28-17)15-4-2-3-14(7-15)11-22/h2-8,13,23H,9-10,12H2,1H3/t21-/m0/s1. The van der Waals surface area contributed by atoms with E-state index in [-0.39, 0.29) is 11.3 Å². The summed E-state index contributed by atoms with van der Waals surface area (Å²) >= 11 is 3.11. The van der Waals surface area contributed by atoms with Crippen LogP contribution in [0.15, 0.2) is 47.3 Å². The van der Waals surface area contributed by atoms with Crippen molar-refractivity contribution in [1.82, 2.24) is 9.88 Å². The van der Waals surface area contributed by atoms with Crippen LogP contribution in [0.1, 0.15) is 35.2 Å². The number of aromatic nitrogens is 1. The number of amides is 1. The number of nitrogens with one attached hydrogen (secondary N) is 1. The maximum atomic E-state index is 12.8. The van der Waals surface area contributed by atoms with E-state index in [0.717, 1.165) is 21.0 Å². The average Bonchev–Trinajstić information content (AvgIpc) is 3.37. The van der Waals surface area contributed by atoms with Gasteiger partial charge in [0.2, 0.25) is 5.91 Å². The number of hydrogen-bond acceptors (Lipinski definition) is 6. The number of thiophene rings is 1. The van der Waals surface area contributed by atoms with E-state index in [1.165, 1.54) is 11.3 Å². The number of rotatable bonds is 4. The highest BCUT2D eigenvalue weighted by Gasteiger charge is 2.40. The number of thiazole rings is 1. The van der Waals surface area contributed by atoms with Gasteiger partial charge in [0, 0.05) is 34.7 Å². The van der Waals surface area contributed by atoms with Crippen LogP contribution in [-0.2, 0) is 16.8 Å². The molecule has 5 nitrogen and oxygen atoms in total. The summed E-state index contributed by atoms with van der Waals surface area (Å²) in [4.78, 5) is 19.7. The summed E-state index contributed by atoms with van der Waals surface area (Å²) in [5, 5.41) is 22.4. The molecule has 0 spiro atoms. The minimum Gasteiger partial charge on any atom is -0.294 e. The first kappa shape index (κ1) is 18.5. The molecular formula is C21H18N4OS2. The first-order valence-corrected chi connectivity index (χ1v) is 10.6. The topological polar surface area (TPSA) is 80.8 Å². The highest BCUT2D eigenvalue weighted by molar-refractivity contribution is 7.10. The third-order valence-corrected chi connectivity index (χ3v) is 7.02. The number of carbonyl (C=O) groups is 1. The lowest BCUT2D eigenvalue weighted by molar-refractivity contribution is -0.130. The second-order valence-corrected chi connectivity index (χ2v) is 9.05. The van der Waals surface area contributed by atoms with Crippen molar-refractivity contribution in [3.63, 3.8) is 0 Å². The van der Waals surface area contributed by atoms with Crippen molar-refractivity contribution in [1.29, 1.82) is 10.7 Å². The Hall–Kier alpha value is -2.82. The quantitative estimate of drug-likeness (QED) is 0.676. The van der Waals surface area contributed by atoms with Crippen LogP contribution in [0.3, 0.4) is 0 Å². The van der Waals surface area contributed by atoms with Crippen LogP contribution in [0.5, 0.6) is 0 Å². The summed E-state index contributed by atoms with van der Waals surface area (Å²) in [6.07, 6.45) is 2.61. The van der Waals surface area contributed by atoms with Crippen molar-refractivity contribution >= 4 is 34.4 Å². The van der Waals surface area contributed by atoms with Gasteiger partial charge in [0.25, 0.3) is 0 Å². The number of nitrogens with zero attached hydrogens (tertiary/aromatic N) is 3. The molecule has 1 N–H and O–H groups in total. The molecule has 3 aromatic rings. The van der Waals surface area contributed by atoms with Crippen molar-refractivity contribution in [2.75, 3.05) is 0 Å². The van der Waals surface area contributed by atoms with Gasteiger partial charge in [-0.3, -0.25) is 15.1 Å². The number of benzene rings is 1. The predicted molar refractivity (Wildman–Crippen MR) is 111 cm³/mol. The molecule has 7 heteroatoms. The Bertz CT molecular complexity index is 1060. The summed E-state index contributed by atoms with van der Waals surface area (Å²) < 4.78 is 0. The molecule has 0 bridgehead atoms. The van der Waals surface area contributed by atoms with Crippen molar-refractivity contribution in [3.8, 4) is 17.2 Å². The van der Waals surface area contributed by atoms with Crippen molar-refractivity contribution in [3.05, 3.63) is 62.7 Å². The minimum absolute atomic E-state index is 0.0321. The fourth-order valence-corrected chi connectivity index (χ4v) is 5.19. The van der Waals surface area contributed by atoms with Gasteiger partial charge in [-0.25, -0.2) is 4.98 Å². The fraction of sp³-hybridized carbons (Fsp3) is 0.238. The van der Waals surface area contributed by atoms with E-state index in [1.54, 1.807) is 28.5 Å². The first-order chi connectivity index (χ1) is 13.5. The minimum atomic E-state index is -0.386. The number of likely N-dealkylation sites (tertiary alicyclic amines) is 1. The van der Waals surface area contributed by atoms with Gasteiger partial charge in [0.1, 0.15) is 10.8 Å². The Kier molecular flexibility index (Phi) is 4.84. The van der Waals surface area contributed by atoms with Crippen molar-refractivity contribution in [2.24, 2.45) is 0 Å². The van der Waals surface area contributed by atoms with Gasteiger partial charge in [-0.2, -0.15) is 5.26 Å². The number of piperidine rings is 1. The maximum absolute atomic E-state index is 12.8. The van der Waals surface area contributed by atoms with E-state index < -0.39 is 0 Å². The van der Waals surface area contributed by atoms with Gasteiger partial charge < -0.3 is 0 Å². The molecular weight excluding hydrogens is 388 g/mol. The molecule has 4 rings (SSSR count).